The Kier molecular flexibility index (Phi) is 4.05. The number of aromatic nitrogens is 3. The van der Waals surface area contributed by atoms with Crippen LogP contribution < -0.4 is 4.90 Å². The number of piperidine rings is 1. The lowest BCUT2D eigenvalue weighted by Crippen LogP contribution is -2.36. The number of halogens is 1. The molecule has 2 aromatic heterocycles. The number of rotatable bonds is 3. The van der Waals surface area contributed by atoms with Crippen molar-refractivity contribution >= 4 is 34.3 Å². The number of carboxylic acid groups (broad SMARTS) is 1. The lowest BCUT2D eigenvalue weighted by molar-refractivity contribution is -0.142. The number of anilines is 1. The summed E-state index contributed by atoms with van der Waals surface area (Å²) in [6.07, 6.45) is 4.82. The molecule has 128 valence electrons. The van der Waals surface area contributed by atoms with Crippen molar-refractivity contribution in [3.63, 3.8) is 0 Å². The van der Waals surface area contributed by atoms with Gasteiger partial charge in [0.25, 0.3) is 0 Å². The molecule has 1 aliphatic rings. The van der Waals surface area contributed by atoms with Crippen LogP contribution in [0.5, 0.6) is 0 Å². The lowest BCUT2D eigenvalue weighted by atomic mass is 9.97. The van der Waals surface area contributed by atoms with Gasteiger partial charge in [0.2, 0.25) is 0 Å². The van der Waals surface area contributed by atoms with E-state index in [1.54, 1.807) is 12.4 Å². The molecule has 0 spiro atoms. The van der Waals surface area contributed by atoms with Crippen LogP contribution in [0.15, 0.2) is 42.7 Å². The van der Waals surface area contributed by atoms with Crippen LogP contribution in [-0.2, 0) is 4.79 Å². The highest BCUT2D eigenvalue weighted by Gasteiger charge is 2.27. The summed E-state index contributed by atoms with van der Waals surface area (Å²) in [7, 11) is 0. The second-order valence-electron chi connectivity index (χ2n) is 6.20. The van der Waals surface area contributed by atoms with E-state index in [0.717, 1.165) is 22.4 Å². The molecule has 1 saturated heterocycles. The average molecular weight is 357 g/mol. The molecular weight excluding hydrogens is 340 g/mol. The van der Waals surface area contributed by atoms with Gasteiger partial charge in [0.15, 0.2) is 5.82 Å². The van der Waals surface area contributed by atoms with Crippen molar-refractivity contribution in [3.8, 4) is 5.69 Å². The fourth-order valence-electron chi connectivity index (χ4n) is 3.30. The van der Waals surface area contributed by atoms with Crippen molar-refractivity contribution < 1.29 is 9.90 Å². The summed E-state index contributed by atoms with van der Waals surface area (Å²) in [6.45, 7) is 1.37. The minimum atomic E-state index is -0.708. The van der Waals surface area contributed by atoms with Crippen molar-refractivity contribution in [3.05, 3.63) is 47.7 Å². The van der Waals surface area contributed by atoms with Crippen LogP contribution in [0.3, 0.4) is 0 Å². The van der Waals surface area contributed by atoms with Gasteiger partial charge in [0.1, 0.15) is 0 Å². The van der Waals surface area contributed by atoms with E-state index in [4.69, 9.17) is 16.7 Å². The van der Waals surface area contributed by atoms with Crippen LogP contribution in [0, 0.1) is 5.92 Å². The third-order valence-corrected chi connectivity index (χ3v) is 4.93. The molecule has 0 saturated carbocycles. The van der Waals surface area contributed by atoms with E-state index in [0.29, 0.717) is 31.0 Å². The Morgan fingerprint density at radius 1 is 1.16 bits per heavy atom. The molecule has 0 amide bonds. The molecule has 25 heavy (non-hydrogen) atoms. The van der Waals surface area contributed by atoms with Crippen molar-refractivity contribution in [2.45, 2.75) is 12.8 Å². The number of aliphatic carboxylic acids is 1. The Labute approximate surface area is 149 Å². The van der Waals surface area contributed by atoms with Gasteiger partial charge in [-0.15, -0.1) is 5.10 Å². The van der Waals surface area contributed by atoms with Crippen LogP contribution in [0.4, 0.5) is 5.82 Å². The Morgan fingerprint density at radius 3 is 2.56 bits per heavy atom. The Morgan fingerprint density at radius 2 is 1.88 bits per heavy atom. The van der Waals surface area contributed by atoms with Gasteiger partial charge in [-0.05, 0) is 43.2 Å². The molecule has 0 unspecified atom stereocenters. The first-order valence-corrected chi connectivity index (χ1v) is 8.58. The number of nitrogens with zero attached hydrogens (tertiary/aromatic N) is 4. The molecule has 7 heteroatoms. The highest BCUT2D eigenvalue weighted by Crippen LogP contribution is 2.31. The summed E-state index contributed by atoms with van der Waals surface area (Å²) in [5.74, 6) is -0.0980. The topological polar surface area (TPSA) is 71.2 Å². The van der Waals surface area contributed by atoms with Crippen molar-refractivity contribution in [1.82, 2.24) is 14.8 Å². The smallest absolute Gasteiger partial charge is 0.306 e. The van der Waals surface area contributed by atoms with Crippen molar-refractivity contribution in [2.75, 3.05) is 18.0 Å². The zero-order valence-corrected chi connectivity index (χ0v) is 14.2. The maximum atomic E-state index is 11.2. The third-order valence-electron chi connectivity index (χ3n) is 4.68. The summed E-state index contributed by atoms with van der Waals surface area (Å²) >= 11 is 5.99. The molecule has 0 aliphatic carbocycles. The number of carboxylic acids is 1. The Hall–Kier alpha value is -2.60. The van der Waals surface area contributed by atoms with Gasteiger partial charge >= 0.3 is 5.97 Å². The van der Waals surface area contributed by atoms with E-state index >= 15 is 0 Å². The summed E-state index contributed by atoms with van der Waals surface area (Å²) in [5.41, 5.74) is 1.83. The summed E-state index contributed by atoms with van der Waals surface area (Å²) < 4.78 is 1.86. The molecule has 0 atom stereocenters. The molecule has 0 radical (unpaired) electrons. The van der Waals surface area contributed by atoms with E-state index < -0.39 is 5.97 Å². The van der Waals surface area contributed by atoms with Crippen molar-refractivity contribution in [2.24, 2.45) is 5.92 Å². The second kappa shape index (κ2) is 6.37. The first-order chi connectivity index (χ1) is 12.1. The van der Waals surface area contributed by atoms with E-state index in [-0.39, 0.29) is 5.92 Å². The molecule has 1 N–H and O–H groups in total. The van der Waals surface area contributed by atoms with Crippen LogP contribution in [0.25, 0.3) is 16.6 Å². The standard InChI is InChI=1S/C18H17ClN4O2/c19-13-1-3-14(4-2-13)23-16-11-20-8-5-15(16)17(21-23)22-9-6-12(7-10-22)18(24)25/h1-5,8,11-12H,6-7,9-10H2,(H,24,25). The largest absolute Gasteiger partial charge is 0.481 e. The van der Waals surface area contributed by atoms with Crippen LogP contribution in [-0.4, -0.2) is 38.9 Å². The third kappa shape index (κ3) is 2.93. The van der Waals surface area contributed by atoms with E-state index in [1.807, 2.05) is 35.0 Å². The predicted molar refractivity (Wildman–Crippen MR) is 96.4 cm³/mol. The SMILES string of the molecule is O=C(O)C1CCN(c2nn(-c3ccc(Cl)cc3)c3cnccc23)CC1. The van der Waals surface area contributed by atoms with Crippen molar-refractivity contribution in [1.29, 1.82) is 0 Å². The van der Waals surface area contributed by atoms with Gasteiger partial charge in [0.05, 0.1) is 23.3 Å². The summed E-state index contributed by atoms with van der Waals surface area (Å²) in [6, 6.07) is 9.45. The average Bonchev–Trinajstić information content (AvgIpc) is 3.02. The van der Waals surface area contributed by atoms with Crippen LogP contribution in [0.1, 0.15) is 12.8 Å². The zero-order chi connectivity index (χ0) is 17.4. The number of carbonyl (C=O) groups is 1. The number of fused-ring (bicyclic) bond motifs is 1. The summed E-state index contributed by atoms with van der Waals surface area (Å²) in [5, 5.41) is 15.7. The number of hydrogen-bond donors (Lipinski definition) is 1. The van der Waals surface area contributed by atoms with Gasteiger partial charge in [-0.2, -0.15) is 0 Å². The molecule has 1 aromatic carbocycles. The molecule has 6 nitrogen and oxygen atoms in total. The normalized spacial score (nSPS) is 15.6. The quantitative estimate of drug-likeness (QED) is 0.779. The first kappa shape index (κ1) is 15.9. The van der Waals surface area contributed by atoms with Gasteiger partial charge in [-0.1, -0.05) is 11.6 Å². The predicted octanol–water partition coefficient (Wildman–Crippen LogP) is 3.37. The van der Waals surface area contributed by atoms with E-state index in [2.05, 4.69) is 9.88 Å². The first-order valence-electron chi connectivity index (χ1n) is 8.20. The molecular formula is C18H17ClN4O2. The molecule has 1 fully saturated rings. The minimum absolute atomic E-state index is 0.262. The molecule has 0 bridgehead atoms. The van der Waals surface area contributed by atoms with Gasteiger partial charge < -0.3 is 10.0 Å². The highest BCUT2D eigenvalue weighted by molar-refractivity contribution is 6.30. The summed E-state index contributed by atoms with van der Waals surface area (Å²) in [4.78, 5) is 17.6. The van der Waals surface area contributed by atoms with Gasteiger partial charge in [0, 0.05) is 29.7 Å². The highest BCUT2D eigenvalue weighted by atomic mass is 35.5. The molecule has 3 aromatic rings. The maximum absolute atomic E-state index is 11.2. The maximum Gasteiger partial charge on any atom is 0.306 e. The molecule has 1 aliphatic heterocycles. The monoisotopic (exact) mass is 356 g/mol. The second-order valence-corrected chi connectivity index (χ2v) is 6.64. The Bertz CT molecular complexity index is 914. The fourth-order valence-corrected chi connectivity index (χ4v) is 3.42. The minimum Gasteiger partial charge on any atom is -0.481 e. The number of hydrogen-bond acceptors (Lipinski definition) is 4. The van der Waals surface area contributed by atoms with Gasteiger partial charge in [-0.25, -0.2) is 4.68 Å². The molecule has 3 heterocycles. The number of pyridine rings is 1. The number of benzene rings is 1. The van der Waals surface area contributed by atoms with E-state index in [9.17, 15) is 9.90 Å². The lowest BCUT2D eigenvalue weighted by Gasteiger charge is -2.30. The Balaban J connectivity index is 1.73. The molecule has 4 rings (SSSR count). The van der Waals surface area contributed by atoms with Crippen LogP contribution >= 0.6 is 11.6 Å². The van der Waals surface area contributed by atoms with Gasteiger partial charge in [-0.3, -0.25) is 9.78 Å². The van der Waals surface area contributed by atoms with E-state index in [1.165, 1.54) is 0 Å². The zero-order valence-electron chi connectivity index (χ0n) is 13.5. The van der Waals surface area contributed by atoms with Crippen LogP contribution in [0.2, 0.25) is 5.02 Å². The fraction of sp³-hybridized carbons (Fsp3) is 0.278.